The van der Waals surface area contributed by atoms with Gasteiger partial charge in [0.25, 0.3) is 0 Å². The van der Waals surface area contributed by atoms with Crippen molar-refractivity contribution in [2.24, 2.45) is 0 Å². The van der Waals surface area contributed by atoms with Crippen LogP contribution >= 0.6 is 27.7 Å². The molecule has 0 aliphatic carbocycles. The lowest BCUT2D eigenvalue weighted by Gasteiger charge is -2.38. The number of aliphatic hydroxyl groups excluding tert-OH is 1. The van der Waals surface area contributed by atoms with Gasteiger partial charge in [0.05, 0.1) is 6.10 Å². The molecular weight excluding hydrogens is 374 g/mol. The number of thioether (sulfide) groups is 1. The maximum atomic E-state index is 12.4. The number of halogens is 1. The van der Waals surface area contributed by atoms with Crippen LogP contribution in [-0.2, 0) is 9.84 Å². The molecule has 0 bridgehead atoms. The third-order valence-corrected chi connectivity index (χ3v) is 7.43. The Morgan fingerprint density at radius 3 is 2.86 bits per heavy atom. The molecule has 1 fully saturated rings. The van der Waals surface area contributed by atoms with E-state index in [2.05, 4.69) is 15.9 Å². The third kappa shape index (κ3) is 3.75. The molecule has 21 heavy (non-hydrogen) atoms. The standard InChI is InChI=1S/C14H20BrNO3S2/c1-3-21(18,19)14-9-20-7-6-16(14)13-5-4-11(15)8-12(13)10(2)17/h4-5,8,10,14,17H,3,6-7,9H2,1-2H3. The van der Waals surface area contributed by atoms with Gasteiger partial charge in [-0.1, -0.05) is 22.9 Å². The van der Waals surface area contributed by atoms with E-state index in [4.69, 9.17) is 0 Å². The summed E-state index contributed by atoms with van der Waals surface area (Å²) in [6.07, 6.45) is -0.642. The van der Waals surface area contributed by atoms with Crippen LogP contribution in [0.3, 0.4) is 0 Å². The number of rotatable bonds is 4. The first-order chi connectivity index (χ1) is 9.86. The first-order valence-corrected chi connectivity index (χ1v) is 10.6. The Morgan fingerprint density at radius 1 is 1.52 bits per heavy atom. The lowest BCUT2D eigenvalue weighted by molar-refractivity contribution is 0.199. The van der Waals surface area contributed by atoms with Crippen molar-refractivity contribution in [2.75, 3.05) is 28.7 Å². The Labute approximate surface area is 139 Å². The summed E-state index contributed by atoms with van der Waals surface area (Å²) in [6, 6.07) is 5.64. The number of hydrogen-bond donors (Lipinski definition) is 1. The van der Waals surface area contributed by atoms with Crippen LogP contribution in [0.15, 0.2) is 22.7 Å². The van der Waals surface area contributed by atoms with Crippen molar-refractivity contribution in [1.82, 2.24) is 0 Å². The van der Waals surface area contributed by atoms with Crippen molar-refractivity contribution in [3.05, 3.63) is 28.2 Å². The minimum atomic E-state index is -3.16. The normalized spacial score (nSPS) is 21.3. The highest BCUT2D eigenvalue weighted by atomic mass is 79.9. The molecule has 1 aliphatic heterocycles. The fourth-order valence-corrected chi connectivity index (χ4v) is 5.83. The molecule has 118 valence electrons. The van der Waals surface area contributed by atoms with Crippen molar-refractivity contribution in [2.45, 2.75) is 25.3 Å². The van der Waals surface area contributed by atoms with E-state index in [1.807, 2.05) is 23.1 Å². The van der Waals surface area contributed by atoms with Crippen LogP contribution in [0, 0.1) is 0 Å². The van der Waals surface area contributed by atoms with Crippen LogP contribution in [-0.4, -0.2) is 42.7 Å². The van der Waals surface area contributed by atoms with E-state index in [1.165, 1.54) is 0 Å². The Bertz CT molecular complexity index is 604. The van der Waals surface area contributed by atoms with Crippen LogP contribution in [0.25, 0.3) is 0 Å². The molecular formula is C14H20BrNO3S2. The number of anilines is 1. The van der Waals surface area contributed by atoms with Gasteiger partial charge in [-0.05, 0) is 25.1 Å². The minimum Gasteiger partial charge on any atom is -0.389 e. The fraction of sp³-hybridized carbons (Fsp3) is 0.571. The smallest absolute Gasteiger partial charge is 0.171 e. The van der Waals surface area contributed by atoms with Gasteiger partial charge >= 0.3 is 0 Å². The van der Waals surface area contributed by atoms with Gasteiger partial charge in [-0.2, -0.15) is 11.8 Å². The maximum absolute atomic E-state index is 12.4. The van der Waals surface area contributed by atoms with E-state index >= 15 is 0 Å². The van der Waals surface area contributed by atoms with Gasteiger partial charge < -0.3 is 10.0 Å². The molecule has 7 heteroatoms. The molecule has 0 saturated carbocycles. The number of hydrogen-bond acceptors (Lipinski definition) is 5. The zero-order chi connectivity index (χ0) is 15.6. The van der Waals surface area contributed by atoms with Crippen LogP contribution in [0.1, 0.15) is 25.5 Å². The molecule has 2 unspecified atom stereocenters. The summed E-state index contributed by atoms with van der Waals surface area (Å²) in [4.78, 5) is 1.93. The molecule has 2 rings (SSSR count). The zero-order valence-electron chi connectivity index (χ0n) is 12.1. The van der Waals surface area contributed by atoms with Gasteiger partial charge in [-0.25, -0.2) is 8.42 Å². The molecule has 0 aromatic heterocycles. The topological polar surface area (TPSA) is 57.6 Å². The Morgan fingerprint density at radius 2 is 2.24 bits per heavy atom. The predicted octanol–water partition coefficient (Wildman–Crippen LogP) is 2.82. The van der Waals surface area contributed by atoms with Crippen LogP contribution in [0.4, 0.5) is 5.69 Å². The minimum absolute atomic E-state index is 0.134. The summed E-state index contributed by atoms with van der Waals surface area (Å²) >= 11 is 5.07. The van der Waals surface area contributed by atoms with E-state index in [1.54, 1.807) is 25.6 Å². The summed E-state index contributed by atoms with van der Waals surface area (Å²) in [7, 11) is -3.16. The molecule has 1 heterocycles. The van der Waals surface area contributed by atoms with Crippen LogP contribution in [0.5, 0.6) is 0 Å². The average Bonchev–Trinajstić information content (AvgIpc) is 2.47. The second-order valence-electron chi connectivity index (χ2n) is 5.05. The summed E-state index contributed by atoms with van der Waals surface area (Å²) in [5.41, 5.74) is 1.57. The Balaban J connectivity index is 2.47. The highest BCUT2D eigenvalue weighted by Crippen LogP contribution is 2.34. The molecule has 4 nitrogen and oxygen atoms in total. The molecule has 1 aromatic rings. The second-order valence-corrected chi connectivity index (χ2v) is 9.57. The number of sulfone groups is 1. The summed E-state index contributed by atoms with van der Waals surface area (Å²) in [5.74, 6) is 1.60. The zero-order valence-corrected chi connectivity index (χ0v) is 15.3. The molecule has 0 radical (unpaired) electrons. The number of aliphatic hydroxyl groups is 1. The SMILES string of the molecule is CCS(=O)(=O)C1CSCCN1c1ccc(Br)cc1C(C)O. The largest absolute Gasteiger partial charge is 0.389 e. The van der Waals surface area contributed by atoms with E-state index in [9.17, 15) is 13.5 Å². The van der Waals surface area contributed by atoms with E-state index in [0.717, 1.165) is 21.5 Å². The van der Waals surface area contributed by atoms with E-state index in [-0.39, 0.29) is 5.75 Å². The first kappa shape index (κ1) is 17.1. The molecule has 1 saturated heterocycles. The first-order valence-electron chi connectivity index (χ1n) is 6.90. The molecule has 1 N–H and O–H groups in total. The van der Waals surface area contributed by atoms with E-state index in [0.29, 0.717) is 12.3 Å². The van der Waals surface area contributed by atoms with E-state index < -0.39 is 21.3 Å². The van der Waals surface area contributed by atoms with Crippen molar-refractivity contribution in [3.8, 4) is 0 Å². The maximum Gasteiger partial charge on any atom is 0.171 e. The van der Waals surface area contributed by atoms with Crippen molar-refractivity contribution >= 4 is 43.2 Å². The Hall–Kier alpha value is -0.240. The monoisotopic (exact) mass is 393 g/mol. The van der Waals surface area contributed by atoms with Crippen LogP contribution in [0.2, 0.25) is 0 Å². The number of benzene rings is 1. The van der Waals surface area contributed by atoms with Gasteiger partial charge in [0.1, 0.15) is 5.37 Å². The molecule has 0 spiro atoms. The molecule has 1 aromatic carbocycles. The predicted molar refractivity (Wildman–Crippen MR) is 92.7 cm³/mol. The van der Waals surface area contributed by atoms with Gasteiger partial charge in [0.15, 0.2) is 9.84 Å². The summed E-state index contributed by atoms with van der Waals surface area (Å²) in [5, 5.41) is 9.49. The van der Waals surface area contributed by atoms with Gasteiger partial charge in [0.2, 0.25) is 0 Å². The summed E-state index contributed by atoms with van der Waals surface area (Å²) in [6.45, 7) is 4.06. The lowest BCUT2D eigenvalue weighted by Crippen LogP contribution is -2.48. The molecule has 1 aliphatic rings. The molecule has 2 atom stereocenters. The highest BCUT2D eigenvalue weighted by Gasteiger charge is 2.34. The number of nitrogens with zero attached hydrogens (tertiary/aromatic N) is 1. The van der Waals surface area contributed by atoms with Crippen molar-refractivity contribution in [1.29, 1.82) is 0 Å². The van der Waals surface area contributed by atoms with Crippen molar-refractivity contribution < 1.29 is 13.5 Å². The molecule has 0 amide bonds. The summed E-state index contributed by atoms with van der Waals surface area (Å²) < 4.78 is 25.6. The average molecular weight is 394 g/mol. The Kier molecular flexibility index (Phi) is 5.62. The van der Waals surface area contributed by atoms with Gasteiger partial charge in [0, 0.05) is 39.5 Å². The quantitative estimate of drug-likeness (QED) is 0.851. The van der Waals surface area contributed by atoms with Crippen LogP contribution < -0.4 is 4.90 Å². The lowest BCUT2D eigenvalue weighted by atomic mass is 10.1. The van der Waals surface area contributed by atoms with Crippen molar-refractivity contribution in [3.63, 3.8) is 0 Å². The highest BCUT2D eigenvalue weighted by molar-refractivity contribution is 9.10. The van der Waals surface area contributed by atoms with Gasteiger partial charge in [-0.3, -0.25) is 0 Å². The van der Waals surface area contributed by atoms with Gasteiger partial charge in [-0.15, -0.1) is 0 Å². The second kappa shape index (κ2) is 6.89. The fourth-order valence-electron chi connectivity index (χ4n) is 2.47. The third-order valence-electron chi connectivity index (χ3n) is 3.65.